The molecule has 0 atom stereocenters. The van der Waals surface area contributed by atoms with Gasteiger partial charge in [-0.3, -0.25) is 4.99 Å². The molecule has 4 nitrogen and oxygen atoms in total. The van der Waals surface area contributed by atoms with Crippen LogP contribution in [0.25, 0.3) is 0 Å². The molecule has 0 aliphatic rings. The molecule has 5 heteroatoms. The van der Waals surface area contributed by atoms with E-state index in [1.807, 2.05) is 18.2 Å². The highest BCUT2D eigenvalue weighted by molar-refractivity contribution is 7.09. The van der Waals surface area contributed by atoms with E-state index in [9.17, 15) is 0 Å². The standard InChI is InChI=1S/C16H21N3OS/c1-17-16(18-9-8-15-7-4-10-21-15)19-12-13-5-3-6-14(11-13)20-2/h3-7,10-11H,8-9,12H2,1-2H3,(H2,17,18,19). The number of nitrogens with one attached hydrogen (secondary N) is 2. The summed E-state index contributed by atoms with van der Waals surface area (Å²) in [4.78, 5) is 5.61. The topological polar surface area (TPSA) is 45.7 Å². The number of rotatable bonds is 6. The second-order valence-corrected chi connectivity index (χ2v) is 5.57. The van der Waals surface area contributed by atoms with Gasteiger partial charge in [0.1, 0.15) is 5.75 Å². The number of ether oxygens (including phenoxy) is 1. The lowest BCUT2D eigenvalue weighted by Gasteiger charge is -2.12. The van der Waals surface area contributed by atoms with Crippen molar-refractivity contribution < 1.29 is 4.74 Å². The number of benzene rings is 1. The van der Waals surface area contributed by atoms with Crippen molar-refractivity contribution in [3.05, 3.63) is 52.2 Å². The summed E-state index contributed by atoms with van der Waals surface area (Å²) < 4.78 is 5.22. The monoisotopic (exact) mass is 303 g/mol. The van der Waals surface area contributed by atoms with Crippen LogP contribution in [-0.2, 0) is 13.0 Å². The molecule has 0 bridgehead atoms. The van der Waals surface area contributed by atoms with Gasteiger partial charge >= 0.3 is 0 Å². The number of thiophene rings is 1. The van der Waals surface area contributed by atoms with Crippen LogP contribution in [0.1, 0.15) is 10.4 Å². The molecular formula is C16H21N3OS. The van der Waals surface area contributed by atoms with Crippen molar-refractivity contribution in [2.24, 2.45) is 4.99 Å². The first-order valence-electron chi connectivity index (χ1n) is 6.91. The molecule has 0 unspecified atom stereocenters. The van der Waals surface area contributed by atoms with Gasteiger partial charge in [-0.25, -0.2) is 0 Å². The average molecular weight is 303 g/mol. The molecule has 0 amide bonds. The summed E-state index contributed by atoms with van der Waals surface area (Å²) in [6.07, 6.45) is 1.01. The largest absolute Gasteiger partial charge is 0.497 e. The second kappa shape index (κ2) is 8.32. The van der Waals surface area contributed by atoms with Crippen LogP contribution in [0.3, 0.4) is 0 Å². The summed E-state index contributed by atoms with van der Waals surface area (Å²) >= 11 is 1.78. The van der Waals surface area contributed by atoms with E-state index < -0.39 is 0 Å². The van der Waals surface area contributed by atoms with Crippen molar-refractivity contribution in [3.63, 3.8) is 0 Å². The first-order chi connectivity index (χ1) is 10.3. The van der Waals surface area contributed by atoms with E-state index in [2.05, 4.69) is 39.2 Å². The van der Waals surface area contributed by atoms with Crippen molar-refractivity contribution in [2.75, 3.05) is 20.7 Å². The molecule has 1 heterocycles. The van der Waals surface area contributed by atoms with Crippen molar-refractivity contribution in [3.8, 4) is 5.75 Å². The minimum absolute atomic E-state index is 0.718. The fraction of sp³-hybridized carbons (Fsp3) is 0.312. The summed E-state index contributed by atoms with van der Waals surface area (Å²) in [5.41, 5.74) is 1.16. The van der Waals surface area contributed by atoms with Gasteiger partial charge in [0, 0.05) is 25.0 Å². The molecule has 112 valence electrons. The summed E-state index contributed by atoms with van der Waals surface area (Å²) in [6, 6.07) is 12.2. The van der Waals surface area contributed by atoms with Gasteiger partial charge in [0.25, 0.3) is 0 Å². The van der Waals surface area contributed by atoms with Gasteiger partial charge in [0.05, 0.1) is 7.11 Å². The Balaban J connectivity index is 1.76. The predicted octanol–water partition coefficient (Wildman–Crippen LogP) is 2.66. The molecule has 0 radical (unpaired) electrons. The third-order valence-corrected chi connectivity index (χ3v) is 4.00. The second-order valence-electron chi connectivity index (χ2n) is 4.53. The molecule has 0 aliphatic carbocycles. The van der Waals surface area contributed by atoms with E-state index >= 15 is 0 Å². The van der Waals surface area contributed by atoms with E-state index in [0.29, 0.717) is 0 Å². The summed E-state index contributed by atoms with van der Waals surface area (Å²) in [7, 11) is 3.46. The molecule has 1 aromatic heterocycles. The van der Waals surface area contributed by atoms with Gasteiger partial charge in [0.15, 0.2) is 5.96 Å². The molecule has 0 aliphatic heterocycles. The Morgan fingerprint density at radius 3 is 2.86 bits per heavy atom. The van der Waals surface area contributed by atoms with Gasteiger partial charge in [-0.05, 0) is 35.6 Å². The van der Waals surface area contributed by atoms with Gasteiger partial charge in [0.2, 0.25) is 0 Å². The average Bonchev–Trinajstić information content (AvgIpc) is 3.04. The Hall–Kier alpha value is -2.01. The van der Waals surface area contributed by atoms with Crippen LogP contribution in [0, 0.1) is 0 Å². The number of nitrogens with zero attached hydrogens (tertiary/aromatic N) is 1. The van der Waals surface area contributed by atoms with E-state index in [-0.39, 0.29) is 0 Å². The third-order valence-electron chi connectivity index (χ3n) is 3.06. The normalized spacial score (nSPS) is 11.2. The zero-order chi connectivity index (χ0) is 14.9. The van der Waals surface area contributed by atoms with Crippen LogP contribution in [0.5, 0.6) is 5.75 Å². The fourth-order valence-electron chi connectivity index (χ4n) is 1.95. The van der Waals surface area contributed by atoms with Crippen molar-refractivity contribution in [1.29, 1.82) is 0 Å². The lowest BCUT2D eigenvalue weighted by molar-refractivity contribution is 0.414. The molecule has 0 saturated carbocycles. The van der Waals surface area contributed by atoms with E-state index in [1.165, 1.54) is 4.88 Å². The maximum absolute atomic E-state index is 5.22. The first-order valence-corrected chi connectivity index (χ1v) is 7.79. The Morgan fingerprint density at radius 2 is 2.14 bits per heavy atom. The van der Waals surface area contributed by atoms with Crippen LogP contribution < -0.4 is 15.4 Å². The third kappa shape index (κ3) is 5.11. The van der Waals surface area contributed by atoms with Gasteiger partial charge in [-0.2, -0.15) is 0 Å². The van der Waals surface area contributed by atoms with E-state index in [1.54, 1.807) is 25.5 Å². The molecule has 2 rings (SSSR count). The SMILES string of the molecule is CN=C(NCCc1cccs1)NCc1cccc(OC)c1. The van der Waals surface area contributed by atoms with Crippen LogP contribution >= 0.6 is 11.3 Å². The smallest absolute Gasteiger partial charge is 0.191 e. The van der Waals surface area contributed by atoms with Crippen LogP contribution in [0.15, 0.2) is 46.8 Å². The molecule has 0 fully saturated rings. The highest BCUT2D eigenvalue weighted by Crippen LogP contribution is 2.12. The zero-order valence-corrected chi connectivity index (χ0v) is 13.2. The van der Waals surface area contributed by atoms with E-state index in [4.69, 9.17) is 4.74 Å². The summed E-state index contributed by atoms with van der Waals surface area (Å²) in [5, 5.41) is 8.73. The minimum atomic E-state index is 0.718. The maximum atomic E-state index is 5.22. The lowest BCUT2D eigenvalue weighted by Crippen LogP contribution is -2.37. The van der Waals surface area contributed by atoms with Gasteiger partial charge in [-0.1, -0.05) is 18.2 Å². The summed E-state index contributed by atoms with van der Waals surface area (Å²) in [6.45, 7) is 1.59. The molecular weight excluding hydrogens is 282 g/mol. The minimum Gasteiger partial charge on any atom is -0.497 e. The zero-order valence-electron chi connectivity index (χ0n) is 12.4. The Morgan fingerprint density at radius 1 is 1.24 bits per heavy atom. The number of hydrogen-bond donors (Lipinski definition) is 2. The lowest BCUT2D eigenvalue weighted by atomic mass is 10.2. The maximum Gasteiger partial charge on any atom is 0.191 e. The van der Waals surface area contributed by atoms with E-state index in [0.717, 1.165) is 36.8 Å². The summed E-state index contributed by atoms with van der Waals surface area (Å²) in [5.74, 6) is 1.68. The quantitative estimate of drug-likeness (QED) is 0.637. The molecule has 0 spiro atoms. The molecule has 2 N–H and O–H groups in total. The van der Waals surface area contributed by atoms with Gasteiger partial charge < -0.3 is 15.4 Å². The number of methoxy groups -OCH3 is 1. The first kappa shape index (κ1) is 15.4. The van der Waals surface area contributed by atoms with Crippen molar-refractivity contribution >= 4 is 17.3 Å². The number of hydrogen-bond acceptors (Lipinski definition) is 3. The number of aliphatic imine (C=N–C) groups is 1. The molecule has 1 aromatic carbocycles. The number of guanidine groups is 1. The fourth-order valence-corrected chi connectivity index (χ4v) is 2.66. The van der Waals surface area contributed by atoms with Crippen molar-refractivity contribution in [1.82, 2.24) is 10.6 Å². The molecule has 2 aromatic rings. The van der Waals surface area contributed by atoms with Crippen LogP contribution in [0.4, 0.5) is 0 Å². The van der Waals surface area contributed by atoms with Crippen LogP contribution in [-0.4, -0.2) is 26.7 Å². The molecule has 21 heavy (non-hydrogen) atoms. The predicted molar refractivity (Wildman–Crippen MR) is 89.2 cm³/mol. The van der Waals surface area contributed by atoms with Crippen LogP contribution in [0.2, 0.25) is 0 Å². The highest BCUT2D eigenvalue weighted by Gasteiger charge is 2.00. The Kier molecular flexibility index (Phi) is 6.09. The molecule has 0 saturated heterocycles. The highest BCUT2D eigenvalue weighted by atomic mass is 32.1. The van der Waals surface area contributed by atoms with Crippen molar-refractivity contribution in [2.45, 2.75) is 13.0 Å². The van der Waals surface area contributed by atoms with Gasteiger partial charge in [-0.15, -0.1) is 11.3 Å². The Labute approximate surface area is 129 Å². The Bertz CT molecular complexity index is 567.